The van der Waals surface area contributed by atoms with Crippen LogP contribution in [0.25, 0.3) is 0 Å². The van der Waals surface area contributed by atoms with Gasteiger partial charge in [-0.05, 0) is 59.8 Å². The largest absolute Gasteiger partial charge is 0.342 e. The van der Waals surface area contributed by atoms with Gasteiger partial charge in [0.05, 0.1) is 4.47 Å². The van der Waals surface area contributed by atoms with Crippen LogP contribution in [-0.4, -0.2) is 23.9 Å². The third kappa shape index (κ3) is 2.57. The van der Waals surface area contributed by atoms with Crippen molar-refractivity contribution in [2.45, 2.75) is 31.7 Å². The average Bonchev–Trinajstić information content (AvgIpc) is 3.26. The fourth-order valence-electron chi connectivity index (χ4n) is 2.84. The Hall–Kier alpha value is -1.43. The monoisotopic (exact) mass is 354 g/mol. The van der Waals surface area contributed by atoms with Crippen LogP contribution in [0, 0.1) is 11.7 Å². The van der Waals surface area contributed by atoms with Gasteiger partial charge in [0.1, 0.15) is 11.4 Å². The molecule has 2 amide bonds. The molecule has 0 spiro atoms. The molecule has 1 aliphatic carbocycles. The number of benzene rings is 1. The van der Waals surface area contributed by atoms with Crippen molar-refractivity contribution >= 4 is 33.4 Å². The van der Waals surface area contributed by atoms with E-state index in [1.54, 1.807) is 19.1 Å². The van der Waals surface area contributed by atoms with E-state index in [9.17, 15) is 14.0 Å². The Labute approximate surface area is 130 Å². The SMILES string of the molecule is CC1(C2CC2)NC(=O)CCN(c2ccc(Br)c(F)c2)C1=O. The molecule has 1 aromatic rings. The van der Waals surface area contributed by atoms with Gasteiger partial charge in [-0.25, -0.2) is 4.39 Å². The molecule has 112 valence electrons. The number of amides is 2. The Bertz CT molecular complexity index is 618. The summed E-state index contributed by atoms with van der Waals surface area (Å²) in [6, 6.07) is 4.59. The highest BCUT2D eigenvalue weighted by atomic mass is 79.9. The van der Waals surface area contributed by atoms with Crippen molar-refractivity contribution in [3.05, 3.63) is 28.5 Å². The Morgan fingerprint density at radius 1 is 1.38 bits per heavy atom. The smallest absolute Gasteiger partial charge is 0.252 e. The summed E-state index contributed by atoms with van der Waals surface area (Å²) in [5.41, 5.74) is -0.388. The van der Waals surface area contributed by atoms with Crippen molar-refractivity contribution in [2.75, 3.05) is 11.4 Å². The van der Waals surface area contributed by atoms with Crippen LogP contribution >= 0.6 is 15.9 Å². The summed E-state index contributed by atoms with van der Waals surface area (Å²) in [7, 11) is 0. The van der Waals surface area contributed by atoms with Crippen LogP contribution in [0.5, 0.6) is 0 Å². The number of hydrogen-bond donors (Lipinski definition) is 1. The van der Waals surface area contributed by atoms with Gasteiger partial charge in [-0.1, -0.05) is 0 Å². The standard InChI is InChI=1S/C15H16BrFN2O2/c1-15(9-2-3-9)14(21)19(7-6-13(20)18-15)10-4-5-11(16)12(17)8-10/h4-5,8-9H,2-3,6-7H2,1H3,(H,18,20). The summed E-state index contributed by atoms with van der Waals surface area (Å²) < 4.78 is 14.1. The number of carbonyl (C=O) groups is 2. The summed E-state index contributed by atoms with van der Waals surface area (Å²) >= 11 is 3.10. The van der Waals surface area contributed by atoms with Gasteiger partial charge >= 0.3 is 0 Å². The second-order valence-corrected chi connectivity index (χ2v) is 6.68. The third-order valence-corrected chi connectivity index (χ3v) is 4.90. The second kappa shape index (κ2) is 5.09. The maximum Gasteiger partial charge on any atom is 0.252 e. The molecule has 0 bridgehead atoms. The van der Waals surface area contributed by atoms with E-state index in [0.717, 1.165) is 12.8 Å². The van der Waals surface area contributed by atoms with Gasteiger partial charge in [0.25, 0.3) is 5.91 Å². The highest BCUT2D eigenvalue weighted by Gasteiger charge is 2.51. The molecule has 1 aromatic carbocycles. The highest BCUT2D eigenvalue weighted by molar-refractivity contribution is 9.10. The summed E-state index contributed by atoms with van der Waals surface area (Å²) in [5.74, 6) is -0.526. The molecule has 2 fully saturated rings. The van der Waals surface area contributed by atoms with Crippen molar-refractivity contribution in [1.82, 2.24) is 5.32 Å². The van der Waals surface area contributed by atoms with Crippen LogP contribution in [-0.2, 0) is 9.59 Å². The molecule has 1 heterocycles. The number of hydrogen-bond acceptors (Lipinski definition) is 2. The Kier molecular flexibility index (Phi) is 3.51. The molecule has 6 heteroatoms. The summed E-state index contributed by atoms with van der Waals surface area (Å²) in [6.45, 7) is 2.05. The van der Waals surface area contributed by atoms with Crippen molar-refractivity contribution in [1.29, 1.82) is 0 Å². The molecule has 1 atom stereocenters. The van der Waals surface area contributed by atoms with Crippen LogP contribution < -0.4 is 10.2 Å². The van der Waals surface area contributed by atoms with E-state index >= 15 is 0 Å². The quantitative estimate of drug-likeness (QED) is 0.887. The maximum absolute atomic E-state index is 13.7. The Morgan fingerprint density at radius 2 is 2.10 bits per heavy atom. The minimum Gasteiger partial charge on any atom is -0.342 e. The fraction of sp³-hybridized carbons (Fsp3) is 0.467. The first-order chi connectivity index (χ1) is 9.91. The molecule has 3 rings (SSSR count). The van der Waals surface area contributed by atoms with E-state index in [1.165, 1.54) is 11.0 Å². The molecule has 0 radical (unpaired) electrons. The van der Waals surface area contributed by atoms with E-state index in [4.69, 9.17) is 0 Å². The maximum atomic E-state index is 13.7. The third-order valence-electron chi connectivity index (χ3n) is 4.26. The fourth-order valence-corrected chi connectivity index (χ4v) is 3.08. The summed E-state index contributed by atoms with van der Waals surface area (Å²) in [4.78, 5) is 26.3. The zero-order chi connectivity index (χ0) is 15.2. The van der Waals surface area contributed by atoms with Gasteiger partial charge in [-0.2, -0.15) is 0 Å². The van der Waals surface area contributed by atoms with Crippen molar-refractivity contribution in [3.8, 4) is 0 Å². The van der Waals surface area contributed by atoms with Crippen molar-refractivity contribution in [2.24, 2.45) is 5.92 Å². The van der Waals surface area contributed by atoms with Crippen LogP contribution in [0.4, 0.5) is 10.1 Å². The lowest BCUT2D eigenvalue weighted by Gasteiger charge is -2.32. The lowest BCUT2D eigenvalue weighted by molar-refractivity contribution is -0.130. The molecule has 1 saturated carbocycles. The van der Waals surface area contributed by atoms with Crippen LogP contribution in [0.3, 0.4) is 0 Å². The molecule has 1 aliphatic heterocycles. The zero-order valence-corrected chi connectivity index (χ0v) is 13.2. The van der Waals surface area contributed by atoms with Gasteiger partial charge in [0.15, 0.2) is 0 Å². The van der Waals surface area contributed by atoms with E-state index in [1.807, 2.05) is 0 Å². The molecule has 21 heavy (non-hydrogen) atoms. The highest BCUT2D eigenvalue weighted by Crippen LogP contribution is 2.42. The van der Waals surface area contributed by atoms with E-state index < -0.39 is 11.4 Å². The molecule has 1 unspecified atom stereocenters. The van der Waals surface area contributed by atoms with Gasteiger partial charge in [0.2, 0.25) is 5.91 Å². The van der Waals surface area contributed by atoms with Crippen LogP contribution in [0.2, 0.25) is 0 Å². The number of nitrogens with zero attached hydrogens (tertiary/aromatic N) is 1. The van der Waals surface area contributed by atoms with Gasteiger partial charge in [-0.3, -0.25) is 9.59 Å². The van der Waals surface area contributed by atoms with E-state index in [-0.39, 0.29) is 30.7 Å². The molecular formula is C15H16BrFN2O2. The minimum atomic E-state index is -0.878. The van der Waals surface area contributed by atoms with Gasteiger partial charge in [-0.15, -0.1) is 0 Å². The minimum absolute atomic E-state index is 0.127. The van der Waals surface area contributed by atoms with Crippen LogP contribution in [0.15, 0.2) is 22.7 Å². The normalized spacial score (nSPS) is 26.5. The van der Waals surface area contributed by atoms with E-state index in [0.29, 0.717) is 10.2 Å². The molecule has 1 N–H and O–H groups in total. The summed E-state index contributed by atoms with van der Waals surface area (Å²) in [5, 5.41) is 2.86. The Balaban J connectivity index is 1.98. The first kappa shape index (κ1) is 14.5. The number of halogens is 2. The van der Waals surface area contributed by atoms with E-state index in [2.05, 4.69) is 21.2 Å². The molecule has 2 aliphatic rings. The van der Waals surface area contributed by atoms with Gasteiger partial charge in [0, 0.05) is 18.7 Å². The number of nitrogens with one attached hydrogen (secondary N) is 1. The second-order valence-electron chi connectivity index (χ2n) is 5.83. The predicted octanol–water partition coefficient (Wildman–Crippen LogP) is 2.61. The van der Waals surface area contributed by atoms with Gasteiger partial charge < -0.3 is 10.2 Å². The molecular weight excluding hydrogens is 339 g/mol. The average molecular weight is 355 g/mol. The lowest BCUT2D eigenvalue weighted by Crippen LogP contribution is -2.56. The Morgan fingerprint density at radius 3 is 2.71 bits per heavy atom. The number of carbonyl (C=O) groups excluding carboxylic acids is 2. The zero-order valence-electron chi connectivity index (χ0n) is 11.7. The number of rotatable bonds is 2. The topological polar surface area (TPSA) is 49.4 Å². The first-order valence-electron chi connectivity index (χ1n) is 7.00. The van der Waals surface area contributed by atoms with Crippen molar-refractivity contribution < 1.29 is 14.0 Å². The molecule has 4 nitrogen and oxygen atoms in total. The molecule has 1 saturated heterocycles. The number of anilines is 1. The predicted molar refractivity (Wildman–Crippen MR) is 80.3 cm³/mol. The molecule has 0 aromatic heterocycles. The first-order valence-corrected chi connectivity index (χ1v) is 7.79. The summed E-state index contributed by atoms with van der Waals surface area (Å²) in [6.07, 6.45) is 2.10. The lowest BCUT2D eigenvalue weighted by atomic mass is 9.94. The van der Waals surface area contributed by atoms with Crippen LogP contribution in [0.1, 0.15) is 26.2 Å². The van der Waals surface area contributed by atoms with Crippen molar-refractivity contribution in [3.63, 3.8) is 0 Å².